The summed E-state index contributed by atoms with van der Waals surface area (Å²) in [6.45, 7) is 7.28. The largest absolute Gasteiger partial charge is 0.481 e. The third-order valence-corrected chi connectivity index (χ3v) is 9.36. The molecule has 3 aromatic rings. The maximum Gasteiger partial charge on any atom is 0.416 e. The van der Waals surface area contributed by atoms with Crippen molar-refractivity contribution in [1.82, 2.24) is 24.8 Å². The van der Waals surface area contributed by atoms with Gasteiger partial charge in [0.2, 0.25) is 5.82 Å². The van der Waals surface area contributed by atoms with Crippen molar-refractivity contribution < 1.29 is 27.5 Å². The van der Waals surface area contributed by atoms with E-state index in [2.05, 4.69) is 32.1 Å². The van der Waals surface area contributed by atoms with Crippen LogP contribution in [0.25, 0.3) is 11.3 Å². The molecular formula is C29H34ClF4N7O2S. The Morgan fingerprint density at radius 2 is 1.98 bits per heavy atom. The zero-order valence-corrected chi connectivity index (χ0v) is 25.9. The lowest BCUT2D eigenvalue weighted by Crippen LogP contribution is -2.52. The summed E-state index contributed by atoms with van der Waals surface area (Å²) in [5, 5.41) is 12.2. The molecular weight excluding hydrogens is 622 g/mol. The van der Waals surface area contributed by atoms with E-state index in [1.54, 1.807) is 4.90 Å². The van der Waals surface area contributed by atoms with E-state index < -0.39 is 23.5 Å². The number of piperazine rings is 1. The van der Waals surface area contributed by atoms with Gasteiger partial charge in [-0.05, 0) is 50.9 Å². The van der Waals surface area contributed by atoms with Crippen LogP contribution in [0.5, 0.6) is 0 Å². The van der Waals surface area contributed by atoms with Gasteiger partial charge in [-0.25, -0.2) is 15.0 Å². The number of likely N-dealkylation sites (tertiary alicyclic amines) is 1. The Morgan fingerprint density at radius 1 is 1.18 bits per heavy atom. The number of carboxylic acids is 1. The van der Waals surface area contributed by atoms with Crippen LogP contribution in [0.15, 0.2) is 24.5 Å². The lowest BCUT2D eigenvalue weighted by molar-refractivity contribution is -0.138. The van der Waals surface area contributed by atoms with E-state index in [1.807, 2.05) is 11.8 Å². The fourth-order valence-corrected chi connectivity index (χ4v) is 7.15. The van der Waals surface area contributed by atoms with Gasteiger partial charge in [0.05, 0.1) is 17.7 Å². The molecule has 5 rings (SSSR count). The molecule has 238 valence electrons. The van der Waals surface area contributed by atoms with Crippen LogP contribution in [-0.2, 0) is 17.5 Å². The van der Waals surface area contributed by atoms with Crippen LogP contribution >= 0.6 is 22.9 Å². The second-order valence-electron chi connectivity index (χ2n) is 11.2. The quantitative estimate of drug-likeness (QED) is 0.237. The molecule has 0 bridgehead atoms. The monoisotopic (exact) mass is 655 g/mol. The lowest BCUT2D eigenvalue weighted by atomic mass is 10.1. The molecule has 0 spiro atoms. The minimum Gasteiger partial charge on any atom is -0.481 e. The smallest absolute Gasteiger partial charge is 0.416 e. The van der Waals surface area contributed by atoms with E-state index in [9.17, 15) is 18.0 Å². The highest BCUT2D eigenvalue weighted by Gasteiger charge is 2.33. The van der Waals surface area contributed by atoms with Crippen molar-refractivity contribution in [2.24, 2.45) is 0 Å². The predicted molar refractivity (Wildman–Crippen MR) is 162 cm³/mol. The summed E-state index contributed by atoms with van der Waals surface area (Å²) >= 11 is 7.37. The molecule has 2 atom stereocenters. The second kappa shape index (κ2) is 13.5. The Morgan fingerprint density at radius 3 is 2.68 bits per heavy atom. The van der Waals surface area contributed by atoms with Gasteiger partial charge in [0, 0.05) is 60.3 Å². The summed E-state index contributed by atoms with van der Waals surface area (Å²) in [5.74, 6) is -1.54. The van der Waals surface area contributed by atoms with Gasteiger partial charge in [-0.2, -0.15) is 17.6 Å². The summed E-state index contributed by atoms with van der Waals surface area (Å²) in [6.07, 6.45) is -0.266. The summed E-state index contributed by atoms with van der Waals surface area (Å²) in [4.78, 5) is 30.8. The molecule has 44 heavy (non-hydrogen) atoms. The molecule has 2 aromatic heterocycles. The summed E-state index contributed by atoms with van der Waals surface area (Å²) < 4.78 is 56.8. The first kappa shape index (κ1) is 32.3. The number of hydrogen-bond acceptors (Lipinski definition) is 9. The number of nitrogens with one attached hydrogen (secondary N) is 1. The summed E-state index contributed by atoms with van der Waals surface area (Å²) in [6, 6.07) is 3.72. The molecule has 9 nitrogen and oxygen atoms in total. The van der Waals surface area contributed by atoms with Gasteiger partial charge in [-0.1, -0.05) is 29.9 Å². The molecule has 2 aliphatic rings. The fourth-order valence-electron chi connectivity index (χ4n) is 5.91. The average Bonchev–Trinajstić information content (AvgIpc) is 3.59. The van der Waals surface area contributed by atoms with Crippen LogP contribution in [-0.4, -0.2) is 80.6 Å². The number of aliphatic carboxylic acids is 1. The highest BCUT2D eigenvalue weighted by molar-refractivity contribution is 7.16. The van der Waals surface area contributed by atoms with Crippen molar-refractivity contribution in [2.45, 2.75) is 64.3 Å². The first-order chi connectivity index (χ1) is 20.9. The van der Waals surface area contributed by atoms with Crippen LogP contribution in [0.3, 0.4) is 0 Å². The molecule has 15 heteroatoms. The predicted octanol–water partition coefficient (Wildman–Crippen LogP) is 6.51. The minimum atomic E-state index is -4.58. The normalized spacial score (nSPS) is 19.9. The molecule has 0 aliphatic carbocycles. The first-order valence-electron chi connectivity index (χ1n) is 14.5. The average molecular weight is 656 g/mol. The number of anilines is 3. The van der Waals surface area contributed by atoms with E-state index in [1.165, 1.54) is 23.7 Å². The van der Waals surface area contributed by atoms with E-state index >= 15 is 4.39 Å². The Kier molecular flexibility index (Phi) is 9.93. The first-order valence-corrected chi connectivity index (χ1v) is 15.7. The molecule has 2 N–H and O–H groups in total. The van der Waals surface area contributed by atoms with Gasteiger partial charge >= 0.3 is 12.1 Å². The highest BCUT2D eigenvalue weighted by atomic mass is 35.5. The van der Waals surface area contributed by atoms with Gasteiger partial charge in [0.25, 0.3) is 0 Å². The topological polar surface area (TPSA) is 97.7 Å². The highest BCUT2D eigenvalue weighted by Crippen LogP contribution is 2.40. The summed E-state index contributed by atoms with van der Waals surface area (Å²) in [7, 11) is 0. The van der Waals surface area contributed by atoms with E-state index in [4.69, 9.17) is 16.7 Å². The minimum absolute atomic E-state index is 0.0187. The molecule has 2 aliphatic heterocycles. The number of nitrogens with zero attached hydrogens (tertiary/aromatic N) is 6. The van der Waals surface area contributed by atoms with Gasteiger partial charge in [-0.3, -0.25) is 14.6 Å². The Hall–Kier alpha value is -3.07. The molecule has 0 saturated carbocycles. The van der Waals surface area contributed by atoms with Gasteiger partial charge in [0.1, 0.15) is 6.33 Å². The maximum atomic E-state index is 15.8. The number of carboxylic acid groups (broad SMARTS) is 1. The van der Waals surface area contributed by atoms with E-state index in [-0.39, 0.29) is 39.8 Å². The van der Waals surface area contributed by atoms with Crippen molar-refractivity contribution in [3.8, 4) is 11.3 Å². The molecule has 4 heterocycles. The maximum absolute atomic E-state index is 15.8. The van der Waals surface area contributed by atoms with Crippen molar-refractivity contribution in [1.29, 1.82) is 0 Å². The lowest BCUT2D eigenvalue weighted by Gasteiger charge is -2.40. The number of alkyl halides is 3. The fraction of sp³-hybridized carbons (Fsp3) is 0.517. The summed E-state index contributed by atoms with van der Waals surface area (Å²) in [5.41, 5.74) is -0.284. The van der Waals surface area contributed by atoms with Gasteiger partial charge in [-0.15, -0.1) is 0 Å². The number of hydrogen-bond donors (Lipinski definition) is 2. The third-order valence-electron chi connectivity index (χ3n) is 8.19. The van der Waals surface area contributed by atoms with Crippen molar-refractivity contribution in [3.05, 3.63) is 45.8 Å². The molecule has 1 aromatic carbocycles. The number of thiazole rings is 1. The Balaban J connectivity index is 1.42. The van der Waals surface area contributed by atoms with E-state index in [0.29, 0.717) is 44.5 Å². The van der Waals surface area contributed by atoms with Crippen molar-refractivity contribution in [3.63, 3.8) is 0 Å². The van der Waals surface area contributed by atoms with E-state index in [0.717, 1.165) is 42.8 Å². The zero-order valence-electron chi connectivity index (χ0n) is 24.4. The number of rotatable bonds is 10. The molecule has 0 unspecified atom stereocenters. The number of halogens is 5. The Bertz CT molecular complexity index is 1490. The van der Waals surface area contributed by atoms with Gasteiger partial charge < -0.3 is 15.3 Å². The van der Waals surface area contributed by atoms with Crippen LogP contribution in [0.4, 0.5) is 34.3 Å². The van der Waals surface area contributed by atoms with Crippen LogP contribution in [0, 0.1) is 5.82 Å². The molecule has 2 saturated heterocycles. The molecule has 2 fully saturated rings. The van der Waals surface area contributed by atoms with Crippen LogP contribution in [0.1, 0.15) is 50.0 Å². The van der Waals surface area contributed by atoms with Gasteiger partial charge in [0.15, 0.2) is 16.8 Å². The third kappa shape index (κ3) is 7.41. The number of aromatic nitrogens is 3. The standard InChI is InChI=1S/C29H34ClF4N7O2S/c1-3-21-5-4-7-40(21)15-22-25(18-11-19(29(32,33)34)13-20(30)12-18)37-28(44-22)38-26-24(31)27(36-16-35-26)41-10-9-39(17(2)14-41)8-6-23(42)43/h11-13,16-17,21H,3-10,14-15H2,1-2H3,(H,42,43)(H,35,36,37,38)/t17-,21+/m0/s1. The number of benzene rings is 1. The Labute approximate surface area is 261 Å². The molecule has 0 radical (unpaired) electrons. The van der Waals surface area contributed by atoms with Crippen molar-refractivity contribution >= 4 is 45.7 Å². The van der Waals surface area contributed by atoms with Crippen molar-refractivity contribution in [2.75, 3.05) is 42.9 Å². The molecule has 0 amide bonds. The van der Waals surface area contributed by atoms with Crippen LogP contribution < -0.4 is 10.2 Å². The second-order valence-corrected chi connectivity index (χ2v) is 12.7. The SMILES string of the molecule is CC[C@@H]1CCCN1Cc1sc(Nc2ncnc(N3CCN(CCC(=O)O)[C@@H](C)C3)c2F)nc1-c1cc(Cl)cc(C(F)(F)F)c1. The number of carbonyl (C=O) groups is 1. The van der Waals surface area contributed by atoms with Crippen LogP contribution in [0.2, 0.25) is 5.02 Å². The zero-order chi connectivity index (χ0) is 31.6.